The number of hydrogen-bond acceptors (Lipinski definition) is 3. The van der Waals surface area contributed by atoms with Crippen LogP contribution in [0.15, 0.2) is 29.2 Å². The summed E-state index contributed by atoms with van der Waals surface area (Å²) in [6.07, 6.45) is 2.56. The molecular formula is C15H24N2S. The summed E-state index contributed by atoms with van der Waals surface area (Å²) >= 11 is 1.91. The van der Waals surface area contributed by atoms with Crippen LogP contribution < -0.4 is 10.6 Å². The van der Waals surface area contributed by atoms with Crippen LogP contribution in [-0.2, 0) is 0 Å². The number of benzene rings is 1. The van der Waals surface area contributed by atoms with E-state index in [0.29, 0.717) is 6.04 Å². The fourth-order valence-electron chi connectivity index (χ4n) is 2.63. The smallest absolute Gasteiger partial charge is 0.0320 e. The van der Waals surface area contributed by atoms with Crippen molar-refractivity contribution >= 4 is 11.8 Å². The maximum Gasteiger partial charge on any atom is 0.0320 e. The van der Waals surface area contributed by atoms with Crippen molar-refractivity contribution in [3.63, 3.8) is 0 Å². The van der Waals surface area contributed by atoms with Crippen molar-refractivity contribution in [2.45, 2.75) is 30.7 Å². The highest BCUT2D eigenvalue weighted by molar-refractivity contribution is 7.99. The SMILES string of the molecule is CCSc1ccc(C(CC2CCNC2)NC)cc1. The molecule has 2 nitrogen and oxygen atoms in total. The summed E-state index contributed by atoms with van der Waals surface area (Å²) in [7, 11) is 2.07. The van der Waals surface area contributed by atoms with Gasteiger partial charge in [-0.3, -0.25) is 0 Å². The van der Waals surface area contributed by atoms with Crippen LogP contribution in [0.1, 0.15) is 31.4 Å². The van der Waals surface area contributed by atoms with Gasteiger partial charge in [0, 0.05) is 10.9 Å². The average Bonchev–Trinajstić information content (AvgIpc) is 2.90. The molecule has 1 aliphatic heterocycles. The van der Waals surface area contributed by atoms with Gasteiger partial charge >= 0.3 is 0 Å². The summed E-state index contributed by atoms with van der Waals surface area (Å²) in [5.74, 6) is 1.97. The monoisotopic (exact) mass is 264 g/mol. The van der Waals surface area contributed by atoms with Crippen molar-refractivity contribution in [3.8, 4) is 0 Å². The first-order chi connectivity index (χ1) is 8.83. The molecule has 1 fully saturated rings. The molecule has 18 heavy (non-hydrogen) atoms. The summed E-state index contributed by atoms with van der Waals surface area (Å²) in [5, 5.41) is 6.91. The molecule has 0 amide bonds. The number of nitrogens with one attached hydrogen (secondary N) is 2. The number of hydrogen-bond donors (Lipinski definition) is 2. The van der Waals surface area contributed by atoms with Gasteiger partial charge < -0.3 is 10.6 Å². The van der Waals surface area contributed by atoms with Crippen LogP contribution in [0.4, 0.5) is 0 Å². The highest BCUT2D eigenvalue weighted by Crippen LogP contribution is 2.26. The third-order valence-corrected chi connectivity index (χ3v) is 4.57. The Morgan fingerprint density at radius 3 is 2.72 bits per heavy atom. The molecule has 2 unspecified atom stereocenters. The van der Waals surface area contributed by atoms with Crippen molar-refractivity contribution in [2.75, 3.05) is 25.9 Å². The van der Waals surface area contributed by atoms with Crippen LogP contribution in [0, 0.1) is 5.92 Å². The van der Waals surface area contributed by atoms with Gasteiger partial charge in [0.2, 0.25) is 0 Å². The minimum absolute atomic E-state index is 0.496. The minimum Gasteiger partial charge on any atom is -0.316 e. The molecule has 100 valence electrons. The van der Waals surface area contributed by atoms with Crippen LogP contribution in [0.2, 0.25) is 0 Å². The van der Waals surface area contributed by atoms with E-state index in [1.165, 1.54) is 36.4 Å². The molecule has 1 aliphatic rings. The third-order valence-electron chi connectivity index (χ3n) is 3.67. The van der Waals surface area contributed by atoms with Crippen molar-refractivity contribution in [2.24, 2.45) is 5.92 Å². The lowest BCUT2D eigenvalue weighted by molar-refractivity contribution is 0.430. The second kappa shape index (κ2) is 7.17. The first-order valence-electron chi connectivity index (χ1n) is 6.94. The van der Waals surface area contributed by atoms with Crippen LogP contribution in [-0.4, -0.2) is 25.9 Å². The average molecular weight is 264 g/mol. The molecule has 2 rings (SSSR count). The van der Waals surface area contributed by atoms with E-state index in [-0.39, 0.29) is 0 Å². The topological polar surface area (TPSA) is 24.1 Å². The Morgan fingerprint density at radius 1 is 1.39 bits per heavy atom. The molecule has 1 saturated heterocycles. The lowest BCUT2D eigenvalue weighted by atomic mass is 9.94. The van der Waals surface area contributed by atoms with Gasteiger partial charge in [0.25, 0.3) is 0 Å². The number of rotatable bonds is 6. The van der Waals surface area contributed by atoms with Crippen LogP contribution in [0.3, 0.4) is 0 Å². The molecular weight excluding hydrogens is 240 g/mol. The summed E-state index contributed by atoms with van der Waals surface area (Å²) < 4.78 is 0. The molecule has 3 heteroatoms. The Labute approximate surface area is 115 Å². The maximum absolute atomic E-state index is 3.46. The van der Waals surface area contributed by atoms with Crippen molar-refractivity contribution in [3.05, 3.63) is 29.8 Å². The van der Waals surface area contributed by atoms with Crippen molar-refractivity contribution in [1.29, 1.82) is 0 Å². The predicted octanol–water partition coefficient (Wildman–Crippen LogP) is 3.06. The molecule has 1 aromatic carbocycles. The van der Waals surface area contributed by atoms with E-state index in [2.05, 4.69) is 48.9 Å². The van der Waals surface area contributed by atoms with E-state index < -0.39 is 0 Å². The second-order valence-electron chi connectivity index (χ2n) is 4.94. The zero-order valence-electron chi connectivity index (χ0n) is 11.4. The fourth-order valence-corrected chi connectivity index (χ4v) is 3.29. The lowest BCUT2D eigenvalue weighted by Crippen LogP contribution is -2.21. The van der Waals surface area contributed by atoms with Crippen LogP contribution >= 0.6 is 11.8 Å². The Morgan fingerprint density at radius 2 is 2.17 bits per heavy atom. The standard InChI is InChI=1S/C15H24N2S/c1-3-18-14-6-4-13(5-7-14)15(16-2)10-12-8-9-17-11-12/h4-7,12,15-17H,3,8-11H2,1-2H3. The quantitative estimate of drug-likeness (QED) is 0.772. The van der Waals surface area contributed by atoms with E-state index in [1.54, 1.807) is 0 Å². The van der Waals surface area contributed by atoms with Gasteiger partial charge in [-0.25, -0.2) is 0 Å². The zero-order chi connectivity index (χ0) is 12.8. The molecule has 2 N–H and O–H groups in total. The van der Waals surface area contributed by atoms with E-state index in [0.717, 1.165) is 11.7 Å². The molecule has 0 bridgehead atoms. The van der Waals surface area contributed by atoms with Crippen molar-refractivity contribution in [1.82, 2.24) is 10.6 Å². The van der Waals surface area contributed by atoms with E-state index >= 15 is 0 Å². The van der Waals surface area contributed by atoms with Gasteiger partial charge in [0.15, 0.2) is 0 Å². The number of thioether (sulfide) groups is 1. The molecule has 0 aliphatic carbocycles. The van der Waals surface area contributed by atoms with E-state index in [1.807, 2.05) is 11.8 Å². The lowest BCUT2D eigenvalue weighted by Gasteiger charge is -2.20. The Hall–Kier alpha value is -0.510. The van der Waals surface area contributed by atoms with Gasteiger partial charge in [0.1, 0.15) is 0 Å². The molecule has 0 saturated carbocycles. The third kappa shape index (κ3) is 3.74. The molecule has 0 aromatic heterocycles. The summed E-state index contributed by atoms with van der Waals surface area (Å²) in [4.78, 5) is 1.37. The Bertz CT molecular complexity index is 344. The minimum atomic E-state index is 0.496. The highest BCUT2D eigenvalue weighted by atomic mass is 32.2. The molecule has 1 aromatic rings. The van der Waals surface area contributed by atoms with E-state index in [4.69, 9.17) is 0 Å². The van der Waals surface area contributed by atoms with Crippen LogP contribution in [0.25, 0.3) is 0 Å². The predicted molar refractivity (Wildman–Crippen MR) is 80.2 cm³/mol. The first-order valence-corrected chi connectivity index (χ1v) is 7.92. The second-order valence-corrected chi connectivity index (χ2v) is 6.28. The normalized spacial score (nSPS) is 21.1. The summed E-state index contributed by atoms with van der Waals surface area (Å²) in [6.45, 7) is 4.57. The van der Waals surface area contributed by atoms with Crippen LogP contribution in [0.5, 0.6) is 0 Å². The highest BCUT2D eigenvalue weighted by Gasteiger charge is 2.19. The van der Waals surface area contributed by atoms with Gasteiger partial charge in [-0.05, 0) is 62.3 Å². The largest absolute Gasteiger partial charge is 0.316 e. The fraction of sp³-hybridized carbons (Fsp3) is 0.600. The summed E-state index contributed by atoms with van der Waals surface area (Å²) in [6, 6.07) is 9.56. The first kappa shape index (κ1) is 13.9. The van der Waals surface area contributed by atoms with Gasteiger partial charge in [-0.2, -0.15) is 0 Å². The summed E-state index contributed by atoms with van der Waals surface area (Å²) in [5.41, 5.74) is 1.42. The Balaban J connectivity index is 1.97. The molecule has 0 spiro atoms. The molecule has 1 heterocycles. The zero-order valence-corrected chi connectivity index (χ0v) is 12.2. The molecule has 0 radical (unpaired) electrons. The van der Waals surface area contributed by atoms with Gasteiger partial charge in [-0.15, -0.1) is 11.8 Å². The van der Waals surface area contributed by atoms with Gasteiger partial charge in [-0.1, -0.05) is 19.1 Å². The maximum atomic E-state index is 3.46. The van der Waals surface area contributed by atoms with Crippen molar-refractivity contribution < 1.29 is 0 Å². The Kier molecular flexibility index (Phi) is 5.54. The van der Waals surface area contributed by atoms with E-state index in [9.17, 15) is 0 Å². The van der Waals surface area contributed by atoms with Gasteiger partial charge in [0.05, 0.1) is 0 Å². The molecule has 2 atom stereocenters.